The van der Waals surface area contributed by atoms with Gasteiger partial charge in [-0.2, -0.15) is 0 Å². The topological polar surface area (TPSA) is 35.0 Å². The summed E-state index contributed by atoms with van der Waals surface area (Å²) in [6.07, 6.45) is 14.1. The Morgan fingerprint density at radius 1 is 1.00 bits per heavy atom. The Balaban J connectivity index is 1.57. The second kappa shape index (κ2) is 9.82. The number of hydrogen-bond donors (Lipinski definition) is 0. The quantitative estimate of drug-likeness (QED) is 0.563. The Kier molecular flexibility index (Phi) is 7.19. The molecule has 3 rings (SSSR count). The fourth-order valence-electron chi connectivity index (χ4n) is 4.15. The number of hydrogen-bond acceptors (Lipinski definition) is 3. The SMILES string of the molecule is CCC[C@H]1CC[C@H](c2ccc(-c3ncc(CCCOC)cn3)cc2)CC1. The molecule has 0 saturated heterocycles. The van der Waals surface area contributed by atoms with Crippen LogP contribution in [0.1, 0.15) is 68.9 Å². The standard InChI is InChI=1S/C23H32N2O/c1-3-5-18-7-9-20(10-8-18)21-11-13-22(14-12-21)23-24-16-19(17-25-23)6-4-15-26-2/h11-14,16-18,20H,3-10,15H2,1-2H3/t18-,20-. The molecule has 0 spiro atoms. The van der Waals surface area contributed by atoms with Crippen LogP contribution in [0.25, 0.3) is 11.4 Å². The zero-order valence-electron chi connectivity index (χ0n) is 16.3. The molecule has 1 aromatic carbocycles. The van der Waals surface area contributed by atoms with Crippen LogP contribution in [0.15, 0.2) is 36.7 Å². The minimum Gasteiger partial charge on any atom is -0.385 e. The molecule has 0 atom stereocenters. The summed E-state index contributed by atoms with van der Waals surface area (Å²) in [4.78, 5) is 9.10. The van der Waals surface area contributed by atoms with Gasteiger partial charge in [0, 0.05) is 31.7 Å². The summed E-state index contributed by atoms with van der Waals surface area (Å²) >= 11 is 0. The van der Waals surface area contributed by atoms with Crippen molar-refractivity contribution in [1.82, 2.24) is 9.97 Å². The van der Waals surface area contributed by atoms with Crippen molar-refractivity contribution in [2.75, 3.05) is 13.7 Å². The number of aryl methyl sites for hydroxylation is 1. The smallest absolute Gasteiger partial charge is 0.159 e. The van der Waals surface area contributed by atoms with Crippen molar-refractivity contribution in [3.05, 3.63) is 47.8 Å². The van der Waals surface area contributed by atoms with Crippen molar-refractivity contribution in [2.24, 2.45) is 5.92 Å². The average molecular weight is 353 g/mol. The summed E-state index contributed by atoms with van der Waals surface area (Å²) in [6.45, 7) is 3.09. The van der Waals surface area contributed by atoms with Crippen LogP contribution in [0.3, 0.4) is 0 Å². The van der Waals surface area contributed by atoms with E-state index in [0.29, 0.717) is 0 Å². The molecule has 1 fully saturated rings. The second-order valence-electron chi connectivity index (χ2n) is 7.64. The van der Waals surface area contributed by atoms with Crippen LogP contribution in [0.5, 0.6) is 0 Å². The van der Waals surface area contributed by atoms with Crippen LogP contribution in [0.4, 0.5) is 0 Å². The molecule has 0 bridgehead atoms. The number of rotatable bonds is 8. The first-order chi connectivity index (χ1) is 12.8. The van der Waals surface area contributed by atoms with E-state index < -0.39 is 0 Å². The van der Waals surface area contributed by atoms with E-state index in [1.807, 2.05) is 12.4 Å². The van der Waals surface area contributed by atoms with E-state index in [-0.39, 0.29) is 0 Å². The molecule has 26 heavy (non-hydrogen) atoms. The molecular weight excluding hydrogens is 320 g/mol. The van der Waals surface area contributed by atoms with Gasteiger partial charge in [-0.1, -0.05) is 44.0 Å². The highest BCUT2D eigenvalue weighted by atomic mass is 16.5. The van der Waals surface area contributed by atoms with E-state index in [1.165, 1.54) is 49.7 Å². The van der Waals surface area contributed by atoms with Gasteiger partial charge in [0.25, 0.3) is 0 Å². The Labute approximate surface area is 158 Å². The summed E-state index contributed by atoms with van der Waals surface area (Å²) < 4.78 is 5.09. The molecule has 0 N–H and O–H groups in total. The molecule has 3 heteroatoms. The fraction of sp³-hybridized carbons (Fsp3) is 0.565. The maximum Gasteiger partial charge on any atom is 0.159 e. The van der Waals surface area contributed by atoms with E-state index in [1.54, 1.807) is 7.11 Å². The lowest BCUT2D eigenvalue weighted by Gasteiger charge is -2.28. The molecule has 3 nitrogen and oxygen atoms in total. The van der Waals surface area contributed by atoms with E-state index in [9.17, 15) is 0 Å². The van der Waals surface area contributed by atoms with Crippen LogP contribution >= 0.6 is 0 Å². The predicted molar refractivity (Wildman–Crippen MR) is 107 cm³/mol. The molecular formula is C23H32N2O. The third kappa shape index (κ3) is 5.14. The number of nitrogens with zero attached hydrogens (tertiary/aromatic N) is 2. The van der Waals surface area contributed by atoms with Crippen LogP contribution in [0.2, 0.25) is 0 Å². The van der Waals surface area contributed by atoms with Gasteiger partial charge in [-0.25, -0.2) is 9.97 Å². The first kappa shape index (κ1) is 19.0. The van der Waals surface area contributed by atoms with Crippen LogP contribution in [-0.4, -0.2) is 23.7 Å². The molecule has 2 aromatic rings. The van der Waals surface area contributed by atoms with Gasteiger partial charge in [-0.15, -0.1) is 0 Å². The lowest BCUT2D eigenvalue weighted by atomic mass is 9.77. The van der Waals surface area contributed by atoms with E-state index in [0.717, 1.165) is 42.7 Å². The molecule has 0 aliphatic heterocycles. The normalized spacial score (nSPS) is 20.2. The Morgan fingerprint density at radius 2 is 1.69 bits per heavy atom. The van der Waals surface area contributed by atoms with Crippen molar-refractivity contribution < 1.29 is 4.74 Å². The highest BCUT2D eigenvalue weighted by Gasteiger charge is 2.21. The summed E-state index contributed by atoms with van der Waals surface area (Å²) in [5.41, 5.74) is 3.77. The average Bonchev–Trinajstić information content (AvgIpc) is 2.70. The van der Waals surface area contributed by atoms with Crippen molar-refractivity contribution in [1.29, 1.82) is 0 Å². The zero-order valence-corrected chi connectivity index (χ0v) is 16.3. The Hall–Kier alpha value is -1.74. The molecule has 0 radical (unpaired) electrons. The van der Waals surface area contributed by atoms with Gasteiger partial charge in [0.05, 0.1) is 0 Å². The summed E-state index contributed by atoms with van der Waals surface area (Å²) in [7, 11) is 1.74. The lowest BCUT2D eigenvalue weighted by molar-refractivity contribution is 0.195. The summed E-state index contributed by atoms with van der Waals surface area (Å²) in [5, 5.41) is 0. The maximum absolute atomic E-state index is 5.09. The van der Waals surface area contributed by atoms with Gasteiger partial charge in [-0.3, -0.25) is 0 Å². The van der Waals surface area contributed by atoms with Crippen molar-refractivity contribution in [3.63, 3.8) is 0 Å². The Bertz CT molecular complexity index is 643. The zero-order chi connectivity index (χ0) is 18.2. The molecule has 140 valence electrons. The molecule has 1 saturated carbocycles. The van der Waals surface area contributed by atoms with E-state index in [2.05, 4.69) is 41.2 Å². The summed E-state index contributed by atoms with van der Waals surface area (Å²) in [6, 6.07) is 8.95. The number of methoxy groups -OCH3 is 1. The minimum absolute atomic E-state index is 0.737. The number of aromatic nitrogens is 2. The van der Waals surface area contributed by atoms with E-state index >= 15 is 0 Å². The molecule has 1 aliphatic rings. The highest BCUT2D eigenvalue weighted by Crippen LogP contribution is 2.37. The largest absolute Gasteiger partial charge is 0.385 e. The molecule has 1 aromatic heterocycles. The van der Waals surface area contributed by atoms with Crippen molar-refractivity contribution >= 4 is 0 Å². The van der Waals surface area contributed by atoms with Gasteiger partial charge in [0.1, 0.15) is 0 Å². The lowest BCUT2D eigenvalue weighted by Crippen LogP contribution is -2.13. The monoisotopic (exact) mass is 352 g/mol. The van der Waals surface area contributed by atoms with Gasteiger partial charge in [0.15, 0.2) is 5.82 Å². The maximum atomic E-state index is 5.09. The Morgan fingerprint density at radius 3 is 2.31 bits per heavy atom. The molecule has 0 unspecified atom stereocenters. The van der Waals surface area contributed by atoms with Gasteiger partial charge in [-0.05, 0) is 61.5 Å². The number of benzene rings is 1. The second-order valence-corrected chi connectivity index (χ2v) is 7.64. The van der Waals surface area contributed by atoms with Crippen LogP contribution in [0, 0.1) is 5.92 Å². The highest BCUT2D eigenvalue weighted by molar-refractivity contribution is 5.55. The molecule has 1 aliphatic carbocycles. The van der Waals surface area contributed by atoms with Gasteiger partial charge >= 0.3 is 0 Å². The third-order valence-electron chi connectivity index (χ3n) is 5.70. The first-order valence-electron chi connectivity index (χ1n) is 10.2. The minimum atomic E-state index is 0.737. The van der Waals surface area contributed by atoms with Crippen LogP contribution in [-0.2, 0) is 11.2 Å². The van der Waals surface area contributed by atoms with E-state index in [4.69, 9.17) is 4.74 Å². The van der Waals surface area contributed by atoms with Gasteiger partial charge in [0.2, 0.25) is 0 Å². The predicted octanol–water partition coefficient (Wildman–Crippen LogP) is 5.80. The third-order valence-corrected chi connectivity index (χ3v) is 5.70. The van der Waals surface area contributed by atoms with Crippen LogP contribution < -0.4 is 0 Å². The fourth-order valence-corrected chi connectivity index (χ4v) is 4.15. The first-order valence-corrected chi connectivity index (χ1v) is 10.2. The molecule has 1 heterocycles. The number of ether oxygens (including phenoxy) is 1. The van der Waals surface area contributed by atoms with Gasteiger partial charge < -0.3 is 4.74 Å². The van der Waals surface area contributed by atoms with Crippen molar-refractivity contribution in [3.8, 4) is 11.4 Å². The van der Waals surface area contributed by atoms with Crippen molar-refractivity contribution in [2.45, 2.75) is 64.2 Å². The molecule has 0 amide bonds. The summed E-state index contributed by atoms with van der Waals surface area (Å²) in [5.74, 6) is 2.52.